The minimum atomic E-state index is -1.02. The maximum absolute atomic E-state index is 11.0. The van der Waals surface area contributed by atoms with Crippen LogP contribution in [0.25, 0.3) is 11.3 Å². The molecule has 0 amide bonds. The highest BCUT2D eigenvalue weighted by atomic mass is 32.1. The van der Waals surface area contributed by atoms with Crippen molar-refractivity contribution in [3.63, 3.8) is 0 Å². The Balaban J connectivity index is 2.53. The van der Waals surface area contributed by atoms with E-state index in [4.69, 9.17) is 22.1 Å². The molecule has 4 nitrogen and oxygen atoms in total. The van der Waals surface area contributed by atoms with Gasteiger partial charge in [0.05, 0.1) is 12.7 Å². The zero-order valence-electron chi connectivity index (χ0n) is 10.6. The molecule has 0 aliphatic rings. The fraction of sp³-hybridized carbons (Fsp3) is 0.143. The van der Waals surface area contributed by atoms with E-state index >= 15 is 0 Å². The number of carbonyl (C=O) groups is 1. The molecule has 0 bridgehead atoms. The Bertz CT molecular complexity index is 674. The molecule has 0 aliphatic heterocycles. The topological polar surface area (TPSA) is 62.3 Å². The molecule has 0 fully saturated rings. The molecular formula is C14H13NO3S. The van der Waals surface area contributed by atoms with Gasteiger partial charge in [0.15, 0.2) is 0 Å². The Morgan fingerprint density at radius 1 is 1.32 bits per heavy atom. The van der Waals surface area contributed by atoms with Crippen molar-refractivity contribution in [2.75, 3.05) is 7.11 Å². The predicted molar refractivity (Wildman–Crippen MR) is 75.3 cm³/mol. The third-order valence-electron chi connectivity index (χ3n) is 2.85. The molecule has 0 atom stereocenters. The zero-order valence-corrected chi connectivity index (χ0v) is 11.4. The molecule has 5 heteroatoms. The lowest BCUT2D eigenvalue weighted by molar-refractivity contribution is 0.0695. The van der Waals surface area contributed by atoms with Gasteiger partial charge in [-0.1, -0.05) is 12.2 Å². The quantitative estimate of drug-likeness (QED) is 0.842. The van der Waals surface area contributed by atoms with Gasteiger partial charge < -0.3 is 14.8 Å². The number of ether oxygens (including phenoxy) is 1. The number of hydrogen-bond acceptors (Lipinski definition) is 3. The molecule has 0 saturated heterocycles. The van der Waals surface area contributed by atoms with E-state index in [0.29, 0.717) is 0 Å². The lowest BCUT2D eigenvalue weighted by Gasteiger charge is -2.08. The summed E-state index contributed by atoms with van der Waals surface area (Å²) in [4.78, 5) is 14.0. The van der Waals surface area contributed by atoms with Crippen LogP contribution in [-0.2, 0) is 0 Å². The Morgan fingerprint density at radius 3 is 2.47 bits per heavy atom. The number of aryl methyl sites for hydroxylation is 1. The van der Waals surface area contributed by atoms with Crippen molar-refractivity contribution in [1.29, 1.82) is 0 Å². The standard InChI is InChI=1S/C14H13NO3S/c1-8-7-11(14(16)17)13(19)15-12(8)9-3-5-10(18-2)6-4-9/h3-7H,1-2H3,(H,15,19)(H,16,17). The minimum absolute atomic E-state index is 0.116. The van der Waals surface area contributed by atoms with Crippen LogP contribution in [-0.4, -0.2) is 23.2 Å². The van der Waals surface area contributed by atoms with Crippen LogP contribution in [0.4, 0.5) is 0 Å². The van der Waals surface area contributed by atoms with Gasteiger partial charge in [-0.15, -0.1) is 0 Å². The number of aromatic amines is 1. The number of methoxy groups -OCH3 is 1. The molecule has 0 unspecified atom stereocenters. The molecule has 19 heavy (non-hydrogen) atoms. The van der Waals surface area contributed by atoms with Crippen LogP contribution in [0, 0.1) is 11.6 Å². The second-order valence-corrected chi connectivity index (χ2v) is 4.51. The van der Waals surface area contributed by atoms with E-state index in [1.54, 1.807) is 13.2 Å². The van der Waals surface area contributed by atoms with Gasteiger partial charge in [0.25, 0.3) is 0 Å². The largest absolute Gasteiger partial charge is 0.497 e. The van der Waals surface area contributed by atoms with Gasteiger partial charge in [-0.2, -0.15) is 0 Å². The first-order chi connectivity index (χ1) is 9.02. The third kappa shape index (κ3) is 2.66. The molecule has 1 heterocycles. The molecule has 2 aromatic rings. The number of aromatic carboxylic acids is 1. The summed E-state index contributed by atoms with van der Waals surface area (Å²) >= 11 is 5.06. The van der Waals surface area contributed by atoms with Crippen LogP contribution in [0.2, 0.25) is 0 Å². The lowest BCUT2D eigenvalue weighted by atomic mass is 10.1. The van der Waals surface area contributed by atoms with E-state index in [1.807, 2.05) is 31.2 Å². The van der Waals surface area contributed by atoms with Gasteiger partial charge in [0, 0.05) is 5.69 Å². The van der Waals surface area contributed by atoms with Crippen LogP contribution in [0.1, 0.15) is 15.9 Å². The van der Waals surface area contributed by atoms with Gasteiger partial charge in [0.1, 0.15) is 10.4 Å². The summed E-state index contributed by atoms with van der Waals surface area (Å²) in [6, 6.07) is 9.06. The number of H-pyrrole nitrogens is 1. The monoisotopic (exact) mass is 275 g/mol. The summed E-state index contributed by atoms with van der Waals surface area (Å²) in [5, 5.41) is 9.02. The molecule has 2 N–H and O–H groups in total. The number of carboxylic acids is 1. The van der Waals surface area contributed by atoms with Crippen LogP contribution in [0.5, 0.6) is 5.75 Å². The van der Waals surface area contributed by atoms with Crippen molar-refractivity contribution in [3.05, 3.63) is 46.1 Å². The maximum atomic E-state index is 11.0. The van der Waals surface area contributed by atoms with Crippen LogP contribution >= 0.6 is 12.2 Å². The summed E-state index contributed by atoms with van der Waals surface area (Å²) in [5.74, 6) is -0.257. The predicted octanol–water partition coefficient (Wildman–Crippen LogP) is 3.43. The number of rotatable bonds is 3. The molecule has 0 radical (unpaired) electrons. The minimum Gasteiger partial charge on any atom is -0.497 e. The maximum Gasteiger partial charge on any atom is 0.338 e. The molecular weight excluding hydrogens is 262 g/mol. The molecule has 98 valence electrons. The molecule has 0 saturated carbocycles. The zero-order chi connectivity index (χ0) is 14.0. The summed E-state index contributed by atoms with van der Waals surface area (Å²) in [6.07, 6.45) is 0. The number of pyridine rings is 1. The molecule has 0 spiro atoms. The second kappa shape index (κ2) is 5.24. The number of nitrogens with one attached hydrogen (secondary N) is 1. The van der Waals surface area contributed by atoms with Crippen molar-refractivity contribution < 1.29 is 14.6 Å². The summed E-state index contributed by atoms with van der Waals surface area (Å²) < 4.78 is 5.33. The Hall–Kier alpha value is -2.14. The first-order valence-corrected chi connectivity index (χ1v) is 6.05. The van der Waals surface area contributed by atoms with Gasteiger partial charge in [-0.05, 0) is 48.4 Å². The average Bonchev–Trinajstić information content (AvgIpc) is 2.41. The Morgan fingerprint density at radius 2 is 1.95 bits per heavy atom. The fourth-order valence-corrected chi connectivity index (χ4v) is 2.10. The van der Waals surface area contributed by atoms with Gasteiger partial charge in [-0.25, -0.2) is 4.79 Å². The van der Waals surface area contributed by atoms with Gasteiger partial charge in [0.2, 0.25) is 0 Å². The highest BCUT2D eigenvalue weighted by Gasteiger charge is 2.10. The first kappa shape index (κ1) is 13.3. The Kier molecular flexibility index (Phi) is 3.66. The normalized spacial score (nSPS) is 10.2. The smallest absolute Gasteiger partial charge is 0.338 e. The highest BCUT2D eigenvalue weighted by Crippen LogP contribution is 2.24. The van der Waals surface area contributed by atoms with Crippen molar-refractivity contribution in [1.82, 2.24) is 4.98 Å². The number of aromatic nitrogens is 1. The number of benzene rings is 1. The number of carboxylic acid groups (broad SMARTS) is 1. The van der Waals surface area contributed by atoms with Crippen molar-refractivity contribution in [2.24, 2.45) is 0 Å². The van der Waals surface area contributed by atoms with Crippen molar-refractivity contribution in [2.45, 2.75) is 6.92 Å². The van der Waals surface area contributed by atoms with Gasteiger partial charge in [-0.3, -0.25) is 0 Å². The molecule has 1 aromatic heterocycles. The summed E-state index contributed by atoms with van der Waals surface area (Å²) in [7, 11) is 1.61. The van der Waals surface area contributed by atoms with E-state index in [9.17, 15) is 4.79 Å². The molecule has 0 aliphatic carbocycles. The summed E-state index contributed by atoms with van der Waals surface area (Å²) in [5.41, 5.74) is 2.69. The van der Waals surface area contributed by atoms with Gasteiger partial charge >= 0.3 is 5.97 Å². The summed E-state index contributed by atoms with van der Waals surface area (Å²) in [6.45, 7) is 1.84. The Labute approximate surface area is 115 Å². The van der Waals surface area contributed by atoms with Crippen molar-refractivity contribution >= 4 is 18.2 Å². The van der Waals surface area contributed by atoms with E-state index in [-0.39, 0.29) is 10.2 Å². The van der Waals surface area contributed by atoms with E-state index in [1.165, 1.54) is 0 Å². The van der Waals surface area contributed by atoms with E-state index in [2.05, 4.69) is 4.98 Å². The van der Waals surface area contributed by atoms with Crippen LogP contribution in [0.15, 0.2) is 30.3 Å². The fourth-order valence-electron chi connectivity index (χ4n) is 1.85. The SMILES string of the molecule is COc1ccc(-c2[nH]c(=S)c(C(=O)O)cc2C)cc1. The lowest BCUT2D eigenvalue weighted by Crippen LogP contribution is -2.01. The molecule has 1 aromatic carbocycles. The molecule has 2 rings (SSSR count). The first-order valence-electron chi connectivity index (χ1n) is 5.64. The average molecular weight is 275 g/mol. The van der Waals surface area contributed by atoms with Crippen LogP contribution in [0.3, 0.4) is 0 Å². The second-order valence-electron chi connectivity index (χ2n) is 4.10. The van der Waals surface area contributed by atoms with Crippen LogP contribution < -0.4 is 4.74 Å². The number of hydrogen-bond donors (Lipinski definition) is 2. The van der Waals surface area contributed by atoms with E-state index in [0.717, 1.165) is 22.6 Å². The third-order valence-corrected chi connectivity index (χ3v) is 3.17. The highest BCUT2D eigenvalue weighted by molar-refractivity contribution is 7.71. The van der Waals surface area contributed by atoms with E-state index < -0.39 is 5.97 Å². The van der Waals surface area contributed by atoms with Crippen molar-refractivity contribution in [3.8, 4) is 17.0 Å².